The molecule has 2 rings (SSSR count). The minimum absolute atomic E-state index is 0.0263. The number of azo groups is 1. The fraction of sp³-hybridized carbons (Fsp3) is 0.333. The minimum Gasteiger partial charge on any atom is -0.493 e. The van der Waals surface area contributed by atoms with Crippen molar-refractivity contribution in [1.82, 2.24) is 9.99 Å². The first-order chi connectivity index (χ1) is 11.3. The van der Waals surface area contributed by atoms with E-state index in [1.807, 2.05) is 19.3 Å². The molecule has 0 spiro atoms. The molecule has 1 aromatic heterocycles. The van der Waals surface area contributed by atoms with Gasteiger partial charge in [-0.25, -0.2) is 5.84 Å². The Kier molecular flexibility index (Phi) is 5.53. The van der Waals surface area contributed by atoms with Crippen molar-refractivity contribution in [2.75, 3.05) is 0 Å². The molecule has 0 aliphatic heterocycles. The van der Waals surface area contributed by atoms with Crippen LogP contribution in [-0.4, -0.2) is 21.5 Å². The number of aromatic hydroxyl groups is 1. The van der Waals surface area contributed by atoms with E-state index in [4.69, 9.17) is 17.4 Å². The Morgan fingerprint density at radius 1 is 1.38 bits per heavy atom. The summed E-state index contributed by atoms with van der Waals surface area (Å²) in [7, 11) is 0. The molecular weight excluding hydrogens is 334 g/mol. The summed E-state index contributed by atoms with van der Waals surface area (Å²) in [5, 5.41) is 18.9. The zero-order chi connectivity index (χ0) is 17.9. The molecule has 0 fully saturated rings. The van der Waals surface area contributed by atoms with Crippen LogP contribution in [0.15, 0.2) is 28.4 Å². The van der Waals surface area contributed by atoms with E-state index in [0.717, 1.165) is 5.52 Å². The van der Waals surface area contributed by atoms with Gasteiger partial charge in [-0.05, 0) is 32.0 Å². The summed E-state index contributed by atoms with van der Waals surface area (Å²) in [6.45, 7) is 3.82. The van der Waals surface area contributed by atoms with E-state index in [1.165, 1.54) is 0 Å². The van der Waals surface area contributed by atoms with Crippen molar-refractivity contribution in [3.05, 3.63) is 23.2 Å². The Balaban J connectivity index is 2.36. The van der Waals surface area contributed by atoms with Gasteiger partial charge in [0, 0.05) is 29.3 Å². The number of aromatic nitrogens is 1. The van der Waals surface area contributed by atoms with E-state index in [2.05, 4.69) is 10.2 Å². The Morgan fingerprint density at radius 3 is 2.71 bits per heavy atom. The summed E-state index contributed by atoms with van der Waals surface area (Å²) >= 11 is 6.01. The Hall–Kier alpha value is -2.45. The summed E-state index contributed by atoms with van der Waals surface area (Å²) in [5.74, 6) is 3.78. The quantitative estimate of drug-likeness (QED) is 0.331. The number of halogens is 1. The first-order valence-electron chi connectivity index (χ1n) is 7.31. The number of nitrogens with two attached hydrogens (primary N) is 1. The molecule has 0 saturated carbocycles. The van der Waals surface area contributed by atoms with Gasteiger partial charge < -0.3 is 9.67 Å². The molecule has 0 radical (unpaired) electrons. The van der Waals surface area contributed by atoms with E-state index in [0.29, 0.717) is 10.4 Å². The number of hydrogen-bond donors (Lipinski definition) is 3. The van der Waals surface area contributed by atoms with E-state index >= 15 is 0 Å². The van der Waals surface area contributed by atoms with Crippen molar-refractivity contribution < 1.29 is 14.7 Å². The fourth-order valence-corrected chi connectivity index (χ4v) is 2.50. The van der Waals surface area contributed by atoms with Crippen LogP contribution in [0.4, 0.5) is 5.69 Å². The second-order valence-corrected chi connectivity index (χ2v) is 5.90. The lowest BCUT2D eigenvalue weighted by Crippen LogP contribution is -2.30. The maximum Gasteiger partial charge on any atom is 0.265 e. The van der Waals surface area contributed by atoms with Crippen molar-refractivity contribution in [1.29, 1.82) is 0 Å². The largest absolute Gasteiger partial charge is 0.493 e. The third-order valence-electron chi connectivity index (χ3n) is 3.42. The number of carbonyl (C=O) groups is 2. The van der Waals surface area contributed by atoms with E-state index in [9.17, 15) is 14.7 Å². The molecule has 0 atom stereocenters. The van der Waals surface area contributed by atoms with Crippen molar-refractivity contribution in [2.24, 2.45) is 16.1 Å². The van der Waals surface area contributed by atoms with Gasteiger partial charge in [-0.2, -0.15) is 0 Å². The molecule has 0 bridgehead atoms. The third kappa shape index (κ3) is 3.72. The van der Waals surface area contributed by atoms with Crippen molar-refractivity contribution in [2.45, 2.75) is 32.7 Å². The zero-order valence-corrected chi connectivity index (χ0v) is 14.0. The second-order valence-electron chi connectivity index (χ2n) is 5.46. The fourth-order valence-electron chi connectivity index (χ4n) is 2.33. The molecule has 1 aromatic carbocycles. The molecule has 0 saturated heterocycles. The van der Waals surface area contributed by atoms with Gasteiger partial charge in [0.1, 0.15) is 0 Å². The lowest BCUT2D eigenvalue weighted by Gasteiger charge is -2.10. The molecular formula is C15H18ClN5O3. The molecule has 1 heterocycles. The number of benzene rings is 1. The summed E-state index contributed by atoms with van der Waals surface area (Å²) in [5.41, 5.74) is 2.82. The molecule has 0 aliphatic rings. The van der Waals surface area contributed by atoms with Crippen LogP contribution in [0.2, 0.25) is 5.02 Å². The monoisotopic (exact) mass is 351 g/mol. The minimum atomic E-state index is -0.592. The number of nitrogens with one attached hydrogen (secondary N) is 1. The topological polar surface area (TPSA) is 122 Å². The van der Waals surface area contributed by atoms with Crippen molar-refractivity contribution >= 4 is 40.0 Å². The summed E-state index contributed by atoms with van der Waals surface area (Å²) in [6, 6.07) is 5.10. The number of carbonyl (C=O) groups excluding carboxylic acids is 2. The van der Waals surface area contributed by atoms with E-state index in [1.54, 1.807) is 22.8 Å². The number of hydrazine groups is 1. The third-order valence-corrected chi connectivity index (χ3v) is 3.65. The molecule has 2 aromatic rings. The van der Waals surface area contributed by atoms with Crippen LogP contribution in [0.5, 0.6) is 5.88 Å². The SMILES string of the molecule is CC(C)n1c(O)c(N=NC(=O)CCC(=O)NN)c2cc(Cl)ccc21. The van der Waals surface area contributed by atoms with Gasteiger partial charge >= 0.3 is 0 Å². The maximum atomic E-state index is 11.7. The zero-order valence-electron chi connectivity index (χ0n) is 13.3. The Bertz CT molecular complexity index is 813. The molecule has 9 heteroatoms. The standard InChI is InChI=1S/C15H18ClN5O3/c1-8(2)21-11-4-3-9(16)7-10(11)14(15(21)24)20-19-13(23)6-5-12(22)18-17/h3-4,7-8,24H,5-6,17H2,1-2H3,(H,18,22). The van der Waals surface area contributed by atoms with Gasteiger partial charge in [0.05, 0.1) is 5.52 Å². The average molecular weight is 352 g/mol. The molecule has 8 nitrogen and oxygen atoms in total. The number of hydrogen-bond acceptors (Lipinski definition) is 5. The average Bonchev–Trinajstić information content (AvgIpc) is 2.81. The summed E-state index contributed by atoms with van der Waals surface area (Å²) in [6.07, 6.45) is -0.212. The van der Waals surface area contributed by atoms with Crippen LogP contribution in [0.25, 0.3) is 10.9 Å². The molecule has 128 valence electrons. The van der Waals surface area contributed by atoms with Crippen LogP contribution in [0.1, 0.15) is 32.7 Å². The number of nitrogens with zero attached hydrogens (tertiary/aromatic N) is 3. The van der Waals surface area contributed by atoms with Crippen LogP contribution in [-0.2, 0) is 9.59 Å². The predicted octanol–water partition coefficient (Wildman–Crippen LogP) is 2.96. The molecule has 0 aliphatic carbocycles. The van der Waals surface area contributed by atoms with Crippen molar-refractivity contribution in [3.8, 4) is 5.88 Å². The normalized spacial score (nSPS) is 11.5. The van der Waals surface area contributed by atoms with Crippen LogP contribution >= 0.6 is 11.6 Å². The lowest BCUT2D eigenvalue weighted by atomic mass is 10.2. The van der Waals surface area contributed by atoms with Gasteiger partial charge in [0.15, 0.2) is 5.69 Å². The highest BCUT2D eigenvalue weighted by atomic mass is 35.5. The number of rotatable bonds is 5. The number of amides is 2. The summed E-state index contributed by atoms with van der Waals surface area (Å²) in [4.78, 5) is 22.7. The number of fused-ring (bicyclic) bond motifs is 1. The van der Waals surface area contributed by atoms with Gasteiger partial charge in [0.25, 0.3) is 5.91 Å². The van der Waals surface area contributed by atoms with Gasteiger partial charge in [-0.3, -0.25) is 15.0 Å². The van der Waals surface area contributed by atoms with Gasteiger partial charge in [-0.1, -0.05) is 11.6 Å². The molecule has 0 unspecified atom stereocenters. The van der Waals surface area contributed by atoms with Gasteiger partial charge in [0.2, 0.25) is 11.8 Å². The first-order valence-corrected chi connectivity index (χ1v) is 7.69. The summed E-state index contributed by atoms with van der Waals surface area (Å²) < 4.78 is 1.67. The van der Waals surface area contributed by atoms with Gasteiger partial charge in [-0.15, -0.1) is 10.2 Å². The van der Waals surface area contributed by atoms with Crippen LogP contribution in [0.3, 0.4) is 0 Å². The Labute approximate surface area is 143 Å². The second kappa shape index (κ2) is 7.41. The molecule has 4 N–H and O–H groups in total. The maximum absolute atomic E-state index is 11.7. The molecule has 2 amide bonds. The Morgan fingerprint density at radius 2 is 2.08 bits per heavy atom. The highest BCUT2D eigenvalue weighted by Crippen LogP contribution is 2.41. The first kappa shape index (κ1) is 17.9. The molecule has 24 heavy (non-hydrogen) atoms. The highest BCUT2D eigenvalue weighted by Gasteiger charge is 2.19. The van der Waals surface area contributed by atoms with Crippen LogP contribution < -0.4 is 11.3 Å². The highest BCUT2D eigenvalue weighted by molar-refractivity contribution is 6.31. The van der Waals surface area contributed by atoms with E-state index < -0.39 is 11.8 Å². The predicted molar refractivity (Wildman–Crippen MR) is 90.1 cm³/mol. The smallest absolute Gasteiger partial charge is 0.265 e. The van der Waals surface area contributed by atoms with Crippen molar-refractivity contribution in [3.63, 3.8) is 0 Å². The van der Waals surface area contributed by atoms with E-state index in [-0.39, 0.29) is 30.5 Å². The van der Waals surface area contributed by atoms with Crippen LogP contribution in [0, 0.1) is 0 Å². The lowest BCUT2D eigenvalue weighted by molar-refractivity contribution is -0.125.